The molecule has 1 aliphatic heterocycles. The van der Waals surface area contributed by atoms with E-state index in [1.54, 1.807) is 0 Å². The van der Waals surface area contributed by atoms with Gasteiger partial charge in [-0.25, -0.2) is 9.59 Å². The molecule has 0 amide bonds. The van der Waals surface area contributed by atoms with Crippen LogP contribution in [-0.2, 0) is 14.3 Å². The maximum Gasteiger partial charge on any atom is 0.381 e. The Morgan fingerprint density at radius 1 is 1.07 bits per heavy atom. The van der Waals surface area contributed by atoms with Gasteiger partial charge in [-0.05, 0) is 18.8 Å². The molecule has 0 saturated heterocycles. The smallest absolute Gasteiger partial charge is 0.381 e. The summed E-state index contributed by atoms with van der Waals surface area (Å²) in [7, 11) is 0. The summed E-state index contributed by atoms with van der Waals surface area (Å²) < 4.78 is 4.34. The molecule has 1 fully saturated rings. The number of carbonyl (C=O) groups is 2. The zero-order chi connectivity index (χ0) is 10.1. The van der Waals surface area contributed by atoms with Gasteiger partial charge in [0, 0.05) is 0 Å². The molecule has 76 valence electrons. The third-order valence-corrected chi connectivity index (χ3v) is 2.87. The fourth-order valence-electron chi connectivity index (χ4n) is 2.15. The molecule has 4 nitrogen and oxygen atoms in total. The summed E-state index contributed by atoms with van der Waals surface area (Å²) in [6.07, 6.45) is 4.98. The van der Waals surface area contributed by atoms with Crippen molar-refractivity contribution in [2.24, 2.45) is 5.92 Å². The normalized spacial score (nSPS) is 24.3. The van der Waals surface area contributed by atoms with Gasteiger partial charge in [0.2, 0.25) is 5.76 Å². The Kier molecular flexibility index (Phi) is 2.27. The SMILES string of the molecule is O=C1OC(=O)C(C2CCCCC2)=C1O. The molecule has 1 aliphatic carbocycles. The Bertz CT molecular complexity index is 310. The van der Waals surface area contributed by atoms with E-state index in [-0.39, 0.29) is 11.5 Å². The maximum atomic E-state index is 11.2. The number of rotatable bonds is 1. The van der Waals surface area contributed by atoms with Crippen molar-refractivity contribution < 1.29 is 19.4 Å². The number of esters is 2. The van der Waals surface area contributed by atoms with Gasteiger partial charge < -0.3 is 9.84 Å². The lowest BCUT2D eigenvalue weighted by molar-refractivity contribution is -0.152. The minimum Gasteiger partial charge on any atom is -0.501 e. The predicted molar refractivity (Wildman–Crippen MR) is 47.3 cm³/mol. The minimum absolute atomic E-state index is 0.0164. The Morgan fingerprint density at radius 2 is 1.71 bits per heavy atom. The highest BCUT2D eigenvalue weighted by Gasteiger charge is 2.37. The highest BCUT2D eigenvalue weighted by Crippen LogP contribution is 2.34. The molecule has 1 N–H and O–H groups in total. The lowest BCUT2D eigenvalue weighted by Crippen LogP contribution is -2.14. The standard InChI is InChI=1S/C10H12O4/c11-8-7(9(12)14-10(8)13)6-4-2-1-3-5-6/h6,11H,1-5H2. The molecule has 2 rings (SSSR count). The summed E-state index contributed by atoms with van der Waals surface area (Å²) in [4.78, 5) is 22.1. The second-order valence-corrected chi connectivity index (χ2v) is 3.77. The van der Waals surface area contributed by atoms with Crippen LogP contribution in [0, 0.1) is 5.92 Å². The third-order valence-electron chi connectivity index (χ3n) is 2.87. The molecule has 0 atom stereocenters. The van der Waals surface area contributed by atoms with Crippen LogP contribution in [0.25, 0.3) is 0 Å². The molecule has 14 heavy (non-hydrogen) atoms. The molecular formula is C10H12O4. The first-order chi connectivity index (χ1) is 6.70. The summed E-state index contributed by atoms with van der Waals surface area (Å²) in [6, 6.07) is 0. The molecule has 0 aromatic rings. The van der Waals surface area contributed by atoms with Crippen molar-refractivity contribution in [3.8, 4) is 0 Å². The van der Waals surface area contributed by atoms with Gasteiger partial charge in [-0.1, -0.05) is 19.3 Å². The van der Waals surface area contributed by atoms with Crippen LogP contribution in [0.1, 0.15) is 32.1 Å². The number of aliphatic hydroxyl groups excluding tert-OH is 1. The van der Waals surface area contributed by atoms with Gasteiger partial charge in [-0.3, -0.25) is 0 Å². The summed E-state index contributed by atoms with van der Waals surface area (Å²) in [5.74, 6) is -2.00. The van der Waals surface area contributed by atoms with Crippen LogP contribution in [0.15, 0.2) is 11.3 Å². The highest BCUT2D eigenvalue weighted by atomic mass is 16.6. The first-order valence-corrected chi connectivity index (χ1v) is 4.90. The second kappa shape index (κ2) is 3.44. The van der Waals surface area contributed by atoms with E-state index in [1.165, 1.54) is 0 Å². The van der Waals surface area contributed by atoms with Gasteiger partial charge in [0.15, 0.2) is 0 Å². The van der Waals surface area contributed by atoms with Gasteiger partial charge in [-0.2, -0.15) is 0 Å². The molecule has 4 heteroatoms. The highest BCUT2D eigenvalue weighted by molar-refractivity contribution is 6.11. The second-order valence-electron chi connectivity index (χ2n) is 3.77. The summed E-state index contributed by atoms with van der Waals surface area (Å²) in [5, 5.41) is 9.36. The average molecular weight is 196 g/mol. The fraction of sp³-hybridized carbons (Fsp3) is 0.600. The predicted octanol–water partition coefficient (Wildman–Crippen LogP) is 1.46. The molecule has 1 heterocycles. The van der Waals surface area contributed by atoms with Crippen LogP contribution >= 0.6 is 0 Å². The van der Waals surface area contributed by atoms with E-state index in [4.69, 9.17) is 0 Å². The molecule has 2 aliphatic rings. The van der Waals surface area contributed by atoms with Gasteiger partial charge in [0.25, 0.3) is 0 Å². The van der Waals surface area contributed by atoms with E-state index >= 15 is 0 Å². The molecule has 0 radical (unpaired) electrons. The summed E-state index contributed by atoms with van der Waals surface area (Å²) in [6.45, 7) is 0. The topological polar surface area (TPSA) is 63.6 Å². The maximum absolute atomic E-state index is 11.2. The summed E-state index contributed by atoms with van der Waals surface area (Å²) >= 11 is 0. The van der Waals surface area contributed by atoms with Crippen molar-refractivity contribution in [1.82, 2.24) is 0 Å². The van der Waals surface area contributed by atoms with Crippen molar-refractivity contribution in [2.45, 2.75) is 32.1 Å². The molecule has 0 bridgehead atoms. The van der Waals surface area contributed by atoms with Crippen LogP contribution in [-0.4, -0.2) is 17.0 Å². The van der Waals surface area contributed by atoms with Crippen molar-refractivity contribution in [3.05, 3.63) is 11.3 Å². The van der Waals surface area contributed by atoms with E-state index < -0.39 is 17.7 Å². The average Bonchev–Trinajstić information content (AvgIpc) is 2.43. The molecule has 1 saturated carbocycles. The van der Waals surface area contributed by atoms with Crippen molar-refractivity contribution >= 4 is 11.9 Å². The van der Waals surface area contributed by atoms with Crippen LogP contribution in [0.3, 0.4) is 0 Å². The monoisotopic (exact) mass is 196 g/mol. The van der Waals surface area contributed by atoms with Gasteiger partial charge in [0.05, 0.1) is 5.57 Å². The molecular weight excluding hydrogens is 184 g/mol. The quantitative estimate of drug-likeness (QED) is 0.509. The number of hydrogen-bond acceptors (Lipinski definition) is 4. The number of carbonyl (C=O) groups excluding carboxylic acids is 2. The Labute approximate surface area is 81.6 Å². The van der Waals surface area contributed by atoms with Crippen LogP contribution in [0.4, 0.5) is 0 Å². The Balaban J connectivity index is 2.23. The lowest BCUT2D eigenvalue weighted by Gasteiger charge is -2.20. The molecule has 0 aromatic carbocycles. The zero-order valence-electron chi connectivity index (χ0n) is 7.78. The van der Waals surface area contributed by atoms with E-state index in [2.05, 4.69) is 4.74 Å². The third kappa shape index (κ3) is 1.41. The molecule has 0 unspecified atom stereocenters. The van der Waals surface area contributed by atoms with Gasteiger partial charge >= 0.3 is 11.9 Å². The van der Waals surface area contributed by atoms with Gasteiger partial charge in [0.1, 0.15) is 0 Å². The molecule has 0 aromatic heterocycles. The minimum atomic E-state index is -0.893. The largest absolute Gasteiger partial charge is 0.501 e. The van der Waals surface area contributed by atoms with Crippen LogP contribution in [0.5, 0.6) is 0 Å². The zero-order valence-corrected chi connectivity index (χ0v) is 7.78. The van der Waals surface area contributed by atoms with Crippen molar-refractivity contribution in [2.75, 3.05) is 0 Å². The number of aliphatic hydroxyl groups is 1. The first kappa shape index (κ1) is 9.24. The number of cyclic esters (lactones) is 2. The van der Waals surface area contributed by atoms with E-state index in [9.17, 15) is 14.7 Å². The van der Waals surface area contributed by atoms with Crippen LogP contribution in [0.2, 0.25) is 0 Å². The van der Waals surface area contributed by atoms with Crippen LogP contribution < -0.4 is 0 Å². The Hall–Kier alpha value is -1.32. The van der Waals surface area contributed by atoms with Gasteiger partial charge in [-0.15, -0.1) is 0 Å². The number of ether oxygens (including phenoxy) is 1. The summed E-state index contributed by atoms with van der Waals surface area (Å²) in [5.41, 5.74) is 0.203. The molecule has 0 spiro atoms. The first-order valence-electron chi connectivity index (χ1n) is 4.90. The van der Waals surface area contributed by atoms with E-state index in [0.29, 0.717) is 0 Å². The van der Waals surface area contributed by atoms with Crippen molar-refractivity contribution in [1.29, 1.82) is 0 Å². The van der Waals surface area contributed by atoms with E-state index in [0.717, 1.165) is 32.1 Å². The lowest BCUT2D eigenvalue weighted by atomic mass is 9.83. The Morgan fingerprint density at radius 3 is 2.21 bits per heavy atom. The van der Waals surface area contributed by atoms with E-state index in [1.807, 2.05) is 0 Å². The number of hydrogen-bond donors (Lipinski definition) is 1. The van der Waals surface area contributed by atoms with Crippen molar-refractivity contribution in [3.63, 3.8) is 0 Å². The fourth-order valence-corrected chi connectivity index (χ4v) is 2.15.